The fraction of sp³-hybridized carbons (Fsp3) is 0.700. The fourth-order valence-corrected chi connectivity index (χ4v) is 1.64. The van der Waals surface area contributed by atoms with Crippen molar-refractivity contribution in [3.05, 3.63) is 0 Å². The third kappa shape index (κ3) is 2.00. The van der Waals surface area contributed by atoms with Crippen molar-refractivity contribution in [1.29, 1.82) is 0 Å². The number of carbonyl (C=O) groups excluding carboxylic acids is 2. The largest absolute Gasteiger partial charge is 0.475 e. The highest BCUT2D eigenvalue weighted by Gasteiger charge is 2.36. The molecule has 1 aliphatic carbocycles. The minimum atomic E-state index is -1.50. The number of carboxylic acid groups (broad SMARTS) is 1. The van der Waals surface area contributed by atoms with Crippen LogP contribution in [0.4, 0.5) is 0 Å². The fourth-order valence-electron chi connectivity index (χ4n) is 1.64. The monoisotopic (exact) mass is 198 g/mol. The van der Waals surface area contributed by atoms with E-state index >= 15 is 0 Å². The highest BCUT2D eigenvalue weighted by Crippen LogP contribution is 2.30. The Bertz CT molecular complexity index is 265. The van der Waals surface area contributed by atoms with E-state index in [1.807, 2.05) is 0 Å². The van der Waals surface area contributed by atoms with Crippen molar-refractivity contribution in [3.63, 3.8) is 0 Å². The maximum Gasteiger partial charge on any atom is 0.372 e. The van der Waals surface area contributed by atoms with Gasteiger partial charge in [0.2, 0.25) is 5.78 Å². The first-order chi connectivity index (χ1) is 6.57. The second-order valence-corrected chi connectivity index (χ2v) is 3.66. The van der Waals surface area contributed by atoms with Crippen LogP contribution in [0.25, 0.3) is 0 Å². The van der Waals surface area contributed by atoms with Gasteiger partial charge in [0.1, 0.15) is 5.78 Å². The lowest BCUT2D eigenvalue weighted by Crippen LogP contribution is -2.36. The predicted molar refractivity (Wildman–Crippen MR) is 48.8 cm³/mol. The minimum Gasteiger partial charge on any atom is -0.475 e. The zero-order valence-corrected chi connectivity index (χ0v) is 8.16. The number of rotatable bonds is 5. The van der Waals surface area contributed by atoms with Gasteiger partial charge in [0.05, 0.1) is 5.92 Å². The van der Waals surface area contributed by atoms with E-state index in [1.54, 1.807) is 6.92 Å². The number of hydrogen-bond donors (Lipinski definition) is 1. The van der Waals surface area contributed by atoms with Gasteiger partial charge in [0.25, 0.3) is 0 Å². The second-order valence-electron chi connectivity index (χ2n) is 3.66. The number of hydrogen-bond acceptors (Lipinski definition) is 3. The summed E-state index contributed by atoms with van der Waals surface area (Å²) in [6, 6.07) is 0. The molecule has 4 nitrogen and oxygen atoms in total. The smallest absolute Gasteiger partial charge is 0.372 e. The number of carbonyl (C=O) groups is 3. The van der Waals surface area contributed by atoms with E-state index in [-0.39, 0.29) is 11.7 Å². The van der Waals surface area contributed by atoms with E-state index in [2.05, 4.69) is 0 Å². The Balaban J connectivity index is 2.65. The average molecular weight is 198 g/mol. The molecule has 0 radical (unpaired) electrons. The molecule has 0 saturated heterocycles. The van der Waals surface area contributed by atoms with Gasteiger partial charge in [-0.15, -0.1) is 0 Å². The van der Waals surface area contributed by atoms with Crippen LogP contribution in [-0.2, 0) is 14.4 Å². The highest BCUT2D eigenvalue weighted by molar-refractivity contribution is 6.37. The van der Waals surface area contributed by atoms with Gasteiger partial charge in [-0.25, -0.2) is 4.79 Å². The summed E-state index contributed by atoms with van der Waals surface area (Å²) in [4.78, 5) is 33.2. The Morgan fingerprint density at radius 3 is 2.21 bits per heavy atom. The van der Waals surface area contributed by atoms with Crippen LogP contribution in [0.3, 0.4) is 0 Å². The topological polar surface area (TPSA) is 71.4 Å². The standard InChI is InChI=1S/C10H14O4/c1-2-7(9(12)10(13)14)8(11)6-4-3-5-6/h6-7H,2-5H2,1H3,(H,13,14). The van der Waals surface area contributed by atoms with Gasteiger partial charge in [0.15, 0.2) is 0 Å². The maximum atomic E-state index is 11.6. The molecule has 78 valence electrons. The lowest BCUT2D eigenvalue weighted by Gasteiger charge is -2.26. The van der Waals surface area contributed by atoms with Crippen LogP contribution >= 0.6 is 0 Å². The van der Waals surface area contributed by atoms with Gasteiger partial charge in [-0.3, -0.25) is 9.59 Å². The summed E-state index contributed by atoms with van der Waals surface area (Å²) in [6.45, 7) is 1.67. The quantitative estimate of drug-likeness (QED) is 0.529. The van der Waals surface area contributed by atoms with E-state index in [9.17, 15) is 14.4 Å². The molecule has 14 heavy (non-hydrogen) atoms. The lowest BCUT2D eigenvalue weighted by atomic mass is 9.76. The molecule has 0 aromatic carbocycles. The molecule has 0 amide bonds. The van der Waals surface area contributed by atoms with Gasteiger partial charge in [-0.2, -0.15) is 0 Å². The van der Waals surface area contributed by atoms with Gasteiger partial charge in [-0.05, 0) is 19.3 Å². The zero-order valence-electron chi connectivity index (χ0n) is 8.16. The number of ketones is 2. The normalized spacial score (nSPS) is 18.4. The van der Waals surface area contributed by atoms with Crippen LogP contribution in [0.1, 0.15) is 32.6 Å². The molecular formula is C10H14O4. The van der Waals surface area contributed by atoms with Gasteiger partial charge < -0.3 is 5.11 Å². The summed E-state index contributed by atoms with van der Waals surface area (Å²) in [6.07, 6.45) is 2.92. The molecule has 0 aliphatic heterocycles. The molecule has 1 atom stereocenters. The Morgan fingerprint density at radius 2 is 1.93 bits per heavy atom. The molecular weight excluding hydrogens is 184 g/mol. The molecule has 1 aliphatic rings. The summed E-state index contributed by atoms with van der Waals surface area (Å²) >= 11 is 0. The van der Waals surface area contributed by atoms with Gasteiger partial charge >= 0.3 is 5.97 Å². The summed E-state index contributed by atoms with van der Waals surface area (Å²) in [7, 11) is 0. The summed E-state index contributed by atoms with van der Waals surface area (Å²) in [5, 5.41) is 8.50. The van der Waals surface area contributed by atoms with Crippen molar-refractivity contribution in [1.82, 2.24) is 0 Å². The van der Waals surface area contributed by atoms with Crippen molar-refractivity contribution in [2.75, 3.05) is 0 Å². The van der Waals surface area contributed by atoms with Crippen LogP contribution in [0.15, 0.2) is 0 Å². The van der Waals surface area contributed by atoms with Crippen molar-refractivity contribution in [2.45, 2.75) is 32.6 Å². The summed E-state index contributed by atoms with van der Waals surface area (Å²) in [5.74, 6) is -3.61. The SMILES string of the molecule is CCC(C(=O)C(=O)O)C(=O)C1CCC1. The molecule has 0 spiro atoms. The number of aliphatic carboxylic acids is 1. The molecule has 0 aromatic heterocycles. The third-order valence-electron chi connectivity index (χ3n) is 2.79. The molecule has 4 heteroatoms. The van der Waals surface area contributed by atoms with E-state index in [0.717, 1.165) is 19.3 Å². The Kier molecular flexibility index (Phi) is 3.38. The number of carboxylic acids is 1. The molecule has 0 bridgehead atoms. The van der Waals surface area contributed by atoms with Crippen LogP contribution in [0, 0.1) is 11.8 Å². The highest BCUT2D eigenvalue weighted by atomic mass is 16.4. The van der Waals surface area contributed by atoms with E-state index in [0.29, 0.717) is 6.42 Å². The van der Waals surface area contributed by atoms with Crippen LogP contribution < -0.4 is 0 Å². The third-order valence-corrected chi connectivity index (χ3v) is 2.79. The van der Waals surface area contributed by atoms with E-state index in [1.165, 1.54) is 0 Å². The van der Waals surface area contributed by atoms with Gasteiger partial charge in [0, 0.05) is 5.92 Å². The molecule has 1 fully saturated rings. The molecule has 1 saturated carbocycles. The molecule has 0 heterocycles. The first-order valence-corrected chi connectivity index (χ1v) is 4.88. The zero-order chi connectivity index (χ0) is 10.7. The first-order valence-electron chi connectivity index (χ1n) is 4.88. The van der Waals surface area contributed by atoms with Crippen LogP contribution in [0.2, 0.25) is 0 Å². The van der Waals surface area contributed by atoms with Crippen LogP contribution in [0.5, 0.6) is 0 Å². The van der Waals surface area contributed by atoms with Crippen molar-refractivity contribution < 1.29 is 19.5 Å². The minimum absolute atomic E-state index is 0.0664. The Morgan fingerprint density at radius 1 is 1.36 bits per heavy atom. The van der Waals surface area contributed by atoms with Crippen LogP contribution in [-0.4, -0.2) is 22.6 Å². The van der Waals surface area contributed by atoms with Crippen molar-refractivity contribution >= 4 is 17.5 Å². The lowest BCUT2D eigenvalue weighted by molar-refractivity contribution is -0.154. The second kappa shape index (κ2) is 4.35. The predicted octanol–water partition coefficient (Wildman–Crippen LogP) is 1.04. The molecule has 1 N–H and O–H groups in total. The van der Waals surface area contributed by atoms with E-state index in [4.69, 9.17) is 5.11 Å². The maximum absolute atomic E-state index is 11.6. The molecule has 0 aromatic rings. The average Bonchev–Trinajstić information content (AvgIpc) is 2.01. The first kappa shape index (κ1) is 10.9. The van der Waals surface area contributed by atoms with Gasteiger partial charge in [-0.1, -0.05) is 13.3 Å². The number of Topliss-reactive ketones (excluding diaryl/α,β-unsaturated/α-hetero) is 2. The van der Waals surface area contributed by atoms with Crippen molar-refractivity contribution in [3.8, 4) is 0 Å². The van der Waals surface area contributed by atoms with E-state index < -0.39 is 17.7 Å². The summed E-state index contributed by atoms with van der Waals surface area (Å²) in [5.41, 5.74) is 0. The Labute approximate surface area is 82.3 Å². The Hall–Kier alpha value is -1.19. The van der Waals surface area contributed by atoms with Crippen molar-refractivity contribution in [2.24, 2.45) is 11.8 Å². The molecule has 1 rings (SSSR count). The summed E-state index contributed by atoms with van der Waals surface area (Å²) < 4.78 is 0. The molecule has 1 unspecified atom stereocenters.